The van der Waals surface area contributed by atoms with Gasteiger partial charge in [-0.15, -0.1) is 6.58 Å². The molecule has 0 spiro atoms. The molecule has 5 heteroatoms. The number of ether oxygens (including phenoxy) is 1. The van der Waals surface area contributed by atoms with E-state index in [1.54, 1.807) is 7.11 Å². The average Bonchev–Trinajstić information content (AvgIpc) is 3.26. The molecule has 37 heavy (non-hydrogen) atoms. The van der Waals surface area contributed by atoms with Crippen molar-refractivity contribution in [2.75, 3.05) is 39.8 Å². The number of carbonyl (C=O) groups excluding carboxylic acids is 1. The van der Waals surface area contributed by atoms with Crippen LogP contribution in [-0.2, 0) is 0 Å². The fourth-order valence-corrected chi connectivity index (χ4v) is 6.77. The third-order valence-electron chi connectivity index (χ3n) is 8.63. The summed E-state index contributed by atoms with van der Waals surface area (Å²) in [4.78, 5) is 20.7. The van der Waals surface area contributed by atoms with Crippen molar-refractivity contribution in [2.24, 2.45) is 0 Å². The molecule has 0 N–H and O–H groups in total. The van der Waals surface area contributed by atoms with Crippen LogP contribution in [0.1, 0.15) is 78.9 Å². The van der Waals surface area contributed by atoms with Crippen molar-refractivity contribution in [3.63, 3.8) is 0 Å². The minimum atomic E-state index is 0.136. The van der Waals surface area contributed by atoms with Gasteiger partial charge in [0.2, 0.25) is 0 Å². The van der Waals surface area contributed by atoms with Gasteiger partial charge in [-0.3, -0.25) is 14.6 Å². The van der Waals surface area contributed by atoms with E-state index in [-0.39, 0.29) is 11.9 Å². The zero-order valence-electron chi connectivity index (χ0n) is 22.5. The normalized spacial score (nSPS) is 24.1. The minimum Gasteiger partial charge on any atom is -0.497 e. The first-order chi connectivity index (χ1) is 18.2. The Kier molecular flexibility index (Phi) is 8.62. The van der Waals surface area contributed by atoms with E-state index >= 15 is 0 Å². The third-order valence-corrected chi connectivity index (χ3v) is 8.63. The predicted octanol–water partition coefficient (Wildman–Crippen LogP) is 5.92. The van der Waals surface area contributed by atoms with Gasteiger partial charge in [-0.05, 0) is 67.5 Å². The molecule has 3 saturated heterocycles. The molecule has 3 aliphatic heterocycles. The van der Waals surface area contributed by atoms with Crippen LogP contribution < -0.4 is 4.74 Å². The maximum atomic E-state index is 13.3. The number of likely N-dealkylation sites (tertiary alicyclic amines) is 1. The zero-order valence-corrected chi connectivity index (χ0v) is 22.5. The highest BCUT2D eigenvalue weighted by molar-refractivity contribution is 5.94. The minimum absolute atomic E-state index is 0.136. The summed E-state index contributed by atoms with van der Waals surface area (Å²) in [6.45, 7) is 8.91. The van der Waals surface area contributed by atoms with E-state index in [1.807, 2.05) is 12.1 Å². The highest BCUT2D eigenvalue weighted by Gasteiger charge is 2.39. The number of rotatable bonds is 7. The average molecular weight is 502 g/mol. The molecule has 0 saturated carbocycles. The van der Waals surface area contributed by atoms with Crippen LogP contribution in [0, 0.1) is 0 Å². The highest BCUT2D eigenvalue weighted by Crippen LogP contribution is 2.40. The summed E-state index contributed by atoms with van der Waals surface area (Å²) in [5.41, 5.74) is 3.33. The van der Waals surface area contributed by atoms with E-state index in [0.29, 0.717) is 12.1 Å². The van der Waals surface area contributed by atoms with Gasteiger partial charge in [0.1, 0.15) is 5.75 Å². The molecule has 5 rings (SSSR count). The molecule has 3 atom stereocenters. The van der Waals surface area contributed by atoms with Crippen molar-refractivity contribution in [1.82, 2.24) is 14.7 Å². The Bertz CT molecular complexity index is 1040. The molecule has 2 bridgehead atoms. The molecule has 0 aliphatic carbocycles. The SMILES string of the molecule is C=CCN1CCC2CCCC(C1)N2C(c1ccc(C(=O)N2CCCCCC2)cc1)c1cccc(OC)c1. The van der Waals surface area contributed by atoms with Crippen LogP contribution in [0.3, 0.4) is 0 Å². The Labute approximate surface area is 223 Å². The van der Waals surface area contributed by atoms with Crippen molar-refractivity contribution in [3.8, 4) is 5.75 Å². The Morgan fingerprint density at radius 3 is 2.43 bits per heavy atom. The van der Waals surface area contributed by atoms with Gasteiger partial charge >= 0.3 is 0 Å². The Hall–Kier alpha value is -2.63. The molecule has 2 aromatic carbocycles. The Morgan fingerprint density at radius 2 is 1.70 bits per heavy atom. The van der Waals surface area contributed by atoms with Gasteiger partial charge in [0, 0.05) is 50.4 Å². The summed E-state index contributed by atoms with van der Waals surface area (Å²) in [6, 6.07) is 18.3. The van der Waals surface area contributed by atoms with E-state index in [2.05, 4.69) is 63.7 Å². The van der Waals surface area contributed by atoms with Gasteiger partial charge < -0.3 is 9.64 Å². The second-order valence-electron chi connectivity index (χ2n) is 11.0. The number of fused-ring (bicyclic) bond motifs is 2. The highest BCUT2D eigenvalue weighted by atomic mass is 16.5. The second-order valence-corrected chi connectivity index (χ2v) is 11.0. The number of methoxy groups -OCH3 is 1. The first-order valence-corrected chi connectivity index (χ1v) is 14.3. The van der Waals surface area contributed by atoms with Crippen molar-refractivity contribution in [3.05, 3.63) is 77.9 Å². The molecule has 0 aromatic heterocycles. The molecular formula is C32H43N3O2. The first-order valence-electron chi connectivity index (χ1n) is 14.3. The molecule has 0 radical (unpaired) electrons. The zero-order chi connectivity index (χ0) is 25.6. The first kappa shape index (κ1) is 26.0. The molecular weight excluding hydrogens is 458 g/mol. The van der Waals surface area contributed by atoms with Crippen molar-refractivity contribution < 1.29 is 9.53 Å². The van der Waals surface area contributed by atoms with Crippen molar-refractivity contribution in [1.29, 1.82) is 0 Å². The molecule has 3 aliphatic rings. The summed E-state index contributed by atoms with van der Waals surface area (Å²) in [6.07, 6.45) is 11.7. The summed E-state index contributed by atoms with van der Waals surface area (Å²) >= 11 is 0. The lowest BCUT2D eigenvalue weighted by molar-refractivity contribution is 0.0562. The molecule has 1 amide bonds. The largest absolute Gasteiger partial charge is 0.497 e. The fourth-order valence-electron chi connectivity index (χ4n) is 6.77. The standard InChI is InChI=1S/C32H43N3O2/c1-3-19-33-22-18-28-11-9-12-29(24-33)35(28)31(27-10-8-13-30(23-27)37-2)25-14-16-26(17-15-25)32(36)34-20-6-4-5-7-21-34/h3,8,10,13-17,23,28-29,31H,1,4-7,9,11-12,18-22,24H2,2H3. The molecule has 3 unspecified atom stereocenters. The Balaban J connectivity index is 1.48. The molecule has 2 aromatic rings. The van der Waals surface area contributed by atoms with E-state index in [0.717, 1.165) is 56.9 Å². The number of hydrogen-bond acceptors (Lipinski definition) is 4. The maximum Gasteiger partial charge on any atom is 0.253 e. The van der Waals surface area contributed by atoms with E-state index in [1.165, 1.54) is 49.7 Å². The topological polar surface area (TPSA) is 36.0 Å². The number of amides is 1. The third kappa shape index (κ3) is 5.94. The summed E-state index contributed by atoms with van der Waals surface area (Å²) in [7, 11) is 1.74. The molecule has 3 fully saturated rings. The van der Waals surface area contributed by atoms with Crippen LogP contribution in [0.15, 0.2) is 61.2 Å². The quantitative estimate of drug-likeness (QED) is 0.442. The van der Waals surface area contributed by atoms with Crippen LogP contribution in [-0.4, -0.2) is 72.5 Å². The van der Waals surface area contributed by atoms with Gasteiger partial charge in [0.25, 0.3) is 5.91 Å². The summed E-state index contributed by atoms with van der Waals surface area (Å²) < 4.78 is 5.64. The Morgan fingerprint density at radius 1 is 0.946 bits per heavy atom. The van der Waals surface area contributed by atoms with Crippen LogP contribution in [0.25, 0.3) is 0 Å². The maximum absolute atomic E-state index is 13.3. The van der Waals surface area contributed by atoms with E-state index < -0.39 is 0 Å². The lowest BCUT2D eigenvalue weighted by Crippen LogP contribution is -2.50. The van der Waals surface area contributed by atoms with Gasteiger partial charge in [0.15, 0.2) is 0 Å². The lowest BCUT2D eigenvalue weighted by Gasteiger charge is -2.46. The number of carbonyl (C=O) groups is 1. The predicted molar refractivity (Wildman–Crippen MR) is 150 cm³/mol. The summed E-state index contributed by atoms with van der Waals surface area (Å²) in [5, 5.41) is 0. The second kappa shape index (κ2) is 12.3. The van der Waals surface area contributed by atoms with Crippen molar-refractivity contribution in [2.45, 2.75) is 69.5 Å². The number of benzene rings is 2. The van der Waals surface area contributed by atoms with Crippen LogP contribution in [0.5, 0.6) is 5.75 Å². The fraction of sp³-hybridized carbons (Fsp3) is 0.531. The molecule has 198 valence electrons. The number of nitrogens with zero attached hydrogens (tertiary/aromatic N) is 3. The van der Waals surface area contributed by atoms with E-state index in [9.17, 15) is 4.79 Å². The summed E-state index contributed by atoms with van der Waals surface area (Å²) in [5.74, 6) is 1.07. The molecule has 3 heterocycles. The number of piperidine rings is 1. The monoisotopic (exact) mass is 501 g/mol. The lowest BCUT2D eigenvalue weighted by atomic mass is 9.87. The van der Waals surface area contributed by atoms with Crippen LogP contribution >= 0.6 is 0 Å². The van der Waals surface area contributed by atoms with Gasteiger partial charge in [-0.1, -0.05) is 49.6 Å². The smallest absolute Gasteiger partial charge is 0.253 e. The van der Waals surface area contributed by atoms with Gasteiger partial charge in [-0.25, -0.2) is 0 Å². The van der Waals surface area contributed by atoms with Crippen molar-refractivity contribution >= 4 is 5.91 Å². The van der Waals surface area contributed by atoms with Gasteiger partial charge in [0.05, 0.1) is 13.2 Å². The number of hydrogen-bond donors (Lipinski definition) is 0. The molecule has 5 nitrogen and oxygen atoms in total. The van der Waals surface area contributed by atoms with Gasteiger partial charge in [-0.2, -0.15) is 0 Å². The van der Waals surface area contributed by atoms with Crippen LogP contribution in [0.4, 0.5) is 0 Å². The van der Waals surface area contributed by atoms with E-state index in [4.69, 9.17) is 4.74 Å². The van der Waals surface area contributed by atoms with Crippen LogP contribution in [0.2, 0.25) is 0 Å².